The minimum absolute atomic E-state index is 0.0311. The molecule has 3 aromatic carbocycles. The molecule has 0 aliphatic carbocycles. The van der Waals surface area contributed by atoms with Crippen LogP contribution in [0, 0.1) is 0 Å². The van der Waals surface area contributed by atoms with Gasteiger partial charge >= 0.3 is 0 Å². The lowest BCUT2D eigenvalue weighted by atomic mass is 10.1. The number of para-hydroxylation sites is 3. The predicted octanol–water partition coefficient (Wildman–Crippen LogP) is 5.60. The first-order valence-electron chi connectivity index (χ1n) is 8.80. The second-order valence-corrected chi connectivity index (χ2v) is 7.52. The summed E-state index contributed by atoms with van der Waals surface area (Å²) in [7, 11) is 0. The highest BCUT2D eigenvalue weighted by Crippen LogP contribution is 2.42. The number of rotatable bonds is 1. The fourth-order valence-electron chi connectivity index (χ4n) is 3.55. The first-order valence-corrected chi connectivity index (χ1v) is 9.61. The summed E-state index contributed by atoms with van der Waals surface area (Å²) >= 11 is 1.63. The van der Waals surface area contributed by atoms with Crippen LogP contribution in [-0.4, -0.2) is 10.3 Å². The SMILES string of the molecule is CC1=Nc2ccccc2Sc2c1c(=O)n(-c1ccccc1)c1ccccc21. The lowest BCUT2D eigenvalue weighted by molar-refractivity contribution is 1.02. The van der Waals surface area contributed by atoms with Gasteiger partial charge < -0.3 is 0 Å². The number of aromatic nitrogens is 1. The summed E-state index contributed by atoms with van der Waals surface area (Å²) < 4.78 is 1.80. The molecule has 0 saturated carbocycles. The van der Waals surface area contributed by atoms with Gasteiger partial charge in [-0.1, -0.05) is 60.3 Å². The van der Waals surface area contributed by atoms with Crippen LogP contribution >= 0.6 is 11.8 Å². The van der Waals surface area contributed by atoms with Crippen LogP contribution in [0.25, 0.3) is 16.6 Å². The predicted molar refractivity (Wildman–Crippen MR) is 112 cm³/mol. The first kappa shape index (κ1) is 16.1. The van der Waals surface area contributed by atoms with Crippen molar-refractivity contribution in [3.63, 3.8) is 0 Å². The zero-order chi connectivity index (χ0) is 18.4. The molecule has 5 rings (SSSR count). The maximum absolute atomic E-state index is 13.6. The summed E-state index contributed by atoms with van der Waals surface area (Å²) in [6.07, 6.45) is 0. The van der Waals surface area contributed by atoms with Crippen molar-refractivity contribution >= 4 is 34.1 Å². The molecule has 4 heteroatoms. The Kier molecular flexibility index (Phi) is 3.73. The van der Waals surface area contributed by atoms with Crippen LogP contribution in [0.2, 0.25) is 0 Å². The van der Waals surface area contributed by atoms with Gasteiger partial charge in [-0.2, -0.15) is 0 Å². The number of aliphatic imine (C=N–C) groups is 1. The highest BCUT2D eigenvalue weighted by molar-refractivity contribution is 7.99. The molecule has 0 radical (unpaired) electrons. The molecule has 1 aliphatic rings. The van der Waals surface area contributed by atoms with Crippen LogP contribution in [0.4, 0.5) is 5.69 Å². The summed E-state index contributed by atoms with van der Waals surface area (Å²) in [6.45, 7) is 1.92. The van der Waals surface area contributed by atoms with E-state index in [0.717, 1.165) is 37.8 Å². The van der Waals surface area contributed by atoms with E-state index < -0.39 is 0 Å². The molecule has 0 atom stereocenters. The van der Waals surface area contributed by atoms with Crippen LogP contribution in [0.1, 0.15) is 12.5 Å². The first-order chi connectivity index (χ1) is 13.2. The number of fused-ring (bicyclic) bond motifs is 4. The maximum Gasteiger partial charge on any atom is 0.265 e. The standard InChI is InChI=1S/C23H16N2OS/c1-15-21-22(27-20-14-8-6-12-18(20)24-15)17-11-5-7-13-19(17)25(23(21)26)16-9-3-2-4-10-16/h2-14H,1H3. The molecular formula is C23H16N2OS. The summed E-state index contributed by atoms with van der Waals surface area (Å²) in [5.74, 6) is 0. The highest BCUT2D eigenvalue weighted by atomic mass is 32.2. The van der Waals surface area contributed by atoms with Crippen LogP contribution in [0.3, 0.4) is 0 Å². The van der Waals surface area contributed by atoms with E-state index in [9.17, 15) is 4.79 Å². The van der Waals surface area contributed by atoms with Crippen molar-refractivity contribution < 1.29 is 0 Å². The Hall–Kier alpha value is -3.11. The van der Waals surface area contributed by atoms with E-state index in [-0.39, 0.29) is 5.56 Å². The fourth-order valence-corrected chi connectivity index (χ4v) is 4.76. The van der Waals surface area contributed by atoms with Gasteiger partial charge in [-0.3, -0.25) is 14.4 Å². The van der Waals surface area contributed by atoms with Gasteiger partial charge in [0.2, 0.25) is 0 Å². The lowest BCUT2D eigenvalue weighted by Crippen LogP contribution is -2.26. The minimum atomic E-state index is -0.0311. The Morgan fingerprint density at radius 3 is 2.41 bits per heavy atom. The molecule has 0 fully saturated rings. The third kappa shape index (κ3) is 2.53. The van der Waals surface area contributed by atoms with Gasteiger partial charge in [-0.25, -0.2) is 0 Å². The lowest BCUT2D eigenvalue weighted by Gasteiger charge is -2.16. The third-order valence-electron chi connectivity index (χ3n) is 4.78. The summed E-state index contributed by atoms with van der Waals surface area (Å²) in [5, 5.41) is 1.06. The molecule has 1 aliphatic heterocycles. The Morgan fingerprint density at radius 1 is 0.852 bits per heavy atom. The van der Waals surface area contributed by atoms with E-state index in [1.807, 2.05) is 73.7 Å². The van der Waals surface area contributed by atoms with Gasteiger partial charge in [-0.15, -0.1) is 0 Å². The van der Waals surface area contributed by atoms with Crippen molar-refractivity contribution in [2.45, 2.75) is 16.7 Å². The number of pyridine rings is 1. The monoisotopic (exact) mass is 368 g/mol. The third-order valence-corrected chi connectivity index (χ3v) is 5.97. The van der Waals surface area contributed by atoms with Gasteiger partial charge in [0.05, 0.1) is 22.5 Å². The highest BCUT2D eigenvalue weighted by Gasteiger charge is 2.23. The van der Waals surface area contributed by atoms with Crippen LogP contribution in [-0.2, 0) is 0 Å². The van der Waals surface area contributed by atoms with E-state index in [0.29, 0.717) is 5.56 Å². The quantitative estimate of drug-likeness (QED) is 0.438. The summed E-state index contributed by atoms with van der Waals surface area (Å²) in [6, 6.07) is 25.9. The maximum atomic E-state index is 13.6. The van der Waals surface area contributed by atoms with Crippen LogP contribution in [0.15, 0.2) is 98.4 Å². The fraction of sp³-hybridized carbons (Fsp3) is 0.0435. The molecule has 130 valence electrons. The Balaban J connectivity index is 1.94. The smallest absolute Gasteiger partial charge is 0.265 e. The number of benzene rings is 3. The van der Waals surface area contributed by atoms with E-state index in [1.165, 1.54) is 0 Å². The second-order valence-electron chi connectivity index (χ2n) is 6.46. The number of hydrogen-bond donors (Lipinski definition) is 0. The van der Waals surface area contributed by atoms with Gasteiger partial charge in [0.1, 0.15) is 0 Å². The largest absolute Gasteiger partial charge is 0.276 e. The Labute approximate surface area is 161 Å². The molecule has 0 bridgehead atoms. The second kappa shape index (κ2) is 6.25. The topological polar surface area (TPSA) is 34.4 Å². The molecular weight excluding hydrogens is 352 g/mol. The average molecular weight is 368 g/mol. The summed E-state index contributed by atoms with van der Waals surface area (Å²) in [4.78, 5) is 20.4. The van der Waals surface area contributed by atoms with Gasteiger partial charge in [0, 0.05) is 20.9 Å². The van der Waals surface area contributed by atoms with E-state index in [1.54, 1.807) is 16.3 Å². The van der Waals surface area contributed by atoms with E-state index in [4.69, 9.17) is 4.99 Å². The van der Waals surface area contributed by atoms with E-state index in [2.05, 4.69) is 12.1 Å². The number of hydrogen-bond acceptors (Lipinski definition) is 3. The molecule has 0 amide bonds. The van der Waals surface area contributed by atoms with Crippen LogP contribution < -0.4 is 5.56 Å². The van der Waals surface area contributed by atoms with Crippen molar-refractivity contribution in [1.82, 2.24) is 4.57 Å². The molecule has 0 N–H and O–H groups in total. The molecule has 1 aromatic heterocycles. The van der Waals surface area contributed by atoms with Crippen LogP contribution in [0.5, 0.6) is 0 Å². The van der Waals surface area contributed by atoms with Gasteiger partial charge in [-0.05, 0) is 37.3 Å². The minimum Gasteiger partial charge on any atom is -0.276 e. The van der Waals surface area contributed by atoms with Crippen molar-refractivity contribution in [3.8, 4) is 5.69 Å². The number of nitrogens with zero attached hydrogens (tertiary/aromatic N) is 2. The summed E-state index contributed by atoms with van der Waals surface area (Å²) in [5.41, 5.74) is 4.08. The van der Waals surface area contributed by atoms with Gasteiger partial charge in [0.25, 0.3) is 5.56 Å². The van der Waals surface area contributed by atoms with E-state index >= 15 is 0 Å². The molecule has 2 heterocycles. The Morgan fingerprint density at radius 2 is 1.56 bits per heavy atom. The molecule has 0 unspecified atom stereocenters. The van der Waals surface area contributed by atoms with Crippen molar-refractivity contribution in [2.24, 2.45) is 4.99 Å². The normalized spacial score (nSPS) is 12.9. The molecule has 4 aromatic rings. The van der Waals surface area contributed by atoms with Gasteiger partial charge in [0.15, 0.2) is 0 Å². The zero-order valence-electron chi connectivity index (χ0n) is 14.7. The average Bonchev–Trinajstić information content (AvgIpc) is 2.85. The molecule has 0 spiro atoms. The van der Waals surface area contributed by atoms with Crippen molar-refractivity contribution in [2.75, 3.05) is 0 Å². The Bertz CT molecular complexity index is 1270. The molecule has 3 nitrogen and oxygen atoms in total. The molecule has 0 saturated heterocycles. The van der Waals surface area contributed by atoms with Crippen molar-refractivity contribution in [1.29, 1.82) is 0 Å². The zero-order valence-corrected chi connectivity index (χ0v) is 15.5. The molecule has 27 heavy (non-hydrogen) atoms. The van der Waals surface area contributed by atoms with Crippen molar-refractivity contribution in [3.05, 3.63) is 94.8 Å².